The highest BCUT2D eigenvalue weighted by Crippen LogP contribution is 2.25. The predicted octanol–water partition coefficient (Wildman–Crippen LogP) is 3.21. The molecule has 1 unspecified atom stereocenters. The highest BCUT2D eigenvalue weighted by Gasteiger charge is 2.17. The number of hydrogen-bond acceptors (Lipinski definition) is 3. The summed E-state index contributed by atoms with van der Waals surface area (Å²) in [5, 5.41) is 0.669. The van der Waals surface area contributed by atoms with Crippen molar-refractivity contribution in [2.24, 2.45) is 11.7 Å². The van der Waals surface area contributed by atoms with Gasteiger partial charge < -0.3 is 10.6 Å². The Balaban J connectivity index is 2.11. The lowest BCUT2D eigenvalue weighted by molar-refractivity contribution is 0.459. The molecule has 0 spiro atoms. The summed E-state index contributed by atoms with van der Waals surface area (Å²) in [6.45, 7) is 4.94. The number of aromatic nitrogens is 1. The average Bonchev–Trinajstić information content (AvgIpc) is 2.64. The Labute approximate surface area is 114 Å². The molecular formula is C14H22ClN3. The first-order valence-electron chi connectivity index (χ1n) is 6.84. The maximum absolute atomic E-state index is 6.05. The van der Waals surface area contributed by atoms with Crippen LogP contribution in [0.4, 0.5) is 5.82 Å². The Bertz CT molecular complexity index is 395. The SMILES string of the molecule is CCC1CCCN(c2cc(CN)c(Cl)cn2)CC1. The third kappa shape index (κ3) is 3.15. The maximum atomic E-state index is 6.05. The average molecular weight is 268 g/mol. The molecule has 2 rings (SSSR count). The Morgan fingerprint density at radius 3 is 3.00 bits per heavy atom. The number of hydrogen-bond donors (Lipinski definition) is 1. The first kappa shape index (κ1) is 13.6. The molecule has 1 aliphatic rings. The second-order valence-electron chi connectivity index (χ2n) is 5.03. The first-order valence-corrected chi connectivity index (χ1v) is 7.21. The zero-order chi connectivity index (χ0) is 13.0. The van der Waals surface area contributed by atoms with E-state index in [2.05, 4.69) is 16.8 Å². The molecule has 0 amide bonds. The molecule has 1 atom stereocenters. The molecule has 0 saturated carbocycles. The van der Waals surface area contributed by atoms with Crippen molar-refractivity contribution in [1.29, 1.82) is 0 Å². The van der Waals surface area contributed by atoms with Crippen molar-refractivity contribution in [2.45, 2.75) is 39.2 Å². The second kappa shape index (κ2) is 6.39. The van der Waals surface area contributed by atoms with Gasteiger partial charge in [0.15, 0.2) is 0 Å². The van der Waals surface area contributed by atoms with Gasteiger partial charge in [-0.15, -0.1) is 0 Å². The summed E-state index contributed by atoms with van der Waals surface area (Å²) in [7, 11) is 0. The first-order chi connectivity index (χ1) is 8.74. The van der Waals surface area contributed by atoms with Crippen LogP contribution in [0.25, 0.3) is 0 Å². The summed E-state index contributed by atoms with van der Waals surface area (Å²) in [4.78, 5) is 6.81. The van der Waals surface area contributed by atoms with Crippen LogP contribution in [0.2, 0.25) is 5.02 Å². The Hall–Kier alpha value is -0.800. The van der Waals surface area contributed by atoms with E-state index in [1.165, 1.54) is 25.7 Å². The molecule has 1 saturated heterocycles. The summed E-state index contributed by atoms with van der Waals surface area (Å²) >= 11 is 6.05. The third-order valence-corrected chi connectivity index (χ3v) is 4.23. The predicted molar refractivity (Wildman–Crippen MR) is 77.0 cm³/mol. The smallest absolute Gasteiger partial charge is 0.128 e. The molecule has 0 bridgehead atoms. The van der Waals surface area contributed by atoms with Crippen LogP contribution in [0.5, 0.6) is 0 Å². The molecule has 4 heteroatoms. The van der Waals surface area contributed by atoms with Crippen LogP contribution in [0.15, 0.2) is 12.3 Å². The van der Waals surface area contributed by atoms with E-state index in [0.717, 1.165) is 30.4 Å². The van der Waals surface area contributed by atoms with Crippen molar-refractivity contribution in [3.8, 4) is 0 Å². The molecule has 18 heavy (non-hydrogen) atoms. The molecule has 2 heterocycles. The summed E-state index contributed by atoms with van der Waals surface area (Å²) < 4.78 is 0. The minimum absolute atomic E-state index is 0.472. The molecule has 0 aliphatic carbocycles. The molecule has 0 radical (unpaired) electrons. The van der Waals surface area contributed by atoms with E-state index in [4.69, 9.17) is 17.3 Å². The summed E-state index contributed by atoms with van der Waals surface area (Å²) in [5.41, 5.74) is 6.68. The van der Waals surface area contributed by atoms with Crippen LogP contribution in [0.3, 0.4) is 0 Å². The lowest BCUT2D eigenvalue weighted by Crippen LogP contribution is -2.25. The maximum Gasteiger partial charge on any atom is 0.128 e. The highest BCUT2D eigenvalue weighted by atomic mass is 35.5. The number of nitrogens with two attached hydrogens (primary N) is 1. The van der Waals surface area contributed by atoms with E-state index in [9.17, 15) is 0 Å². The van der Waals surface area contributed by atoms with Gasteiger partial charge in [-0.1, -0.05) is 24.9 Å². The number of anilines is 1. The summed E-state index contributed by atoms with van der Waals surface area (Å²) in [5.74, 6) is 1.90. The van der Waals surface area contributed by atoms with E-state index < -0.39 is 0 Å². The van der Waals surface area contributed by atoms with Crippen molar-refractivity contribution in [3.05, 3.63) is 22.8 Å². The van der Waals surface area contributed by atoms with Gasteiger partial charge in [0, 0.05) is 25.8 Å². The lowest BCUT2D eigenvalue weighted by Gasteiger charge is -2.22. The molecule has 1 fully saturated rings. The topological polar surface area (TPSA) is 42.1 Å². The van der Waals surface area contributed by atoms with Gasteiger partial charge in [0.05, 0.1) is 5.02 Å². The largest absolute Gasteiger partial charge is 0.357 e. The molecule has 100 valence electrons. The zero-order valence-electron chi connectivity index (χ0n) is 11.0. The van der Waals surface area contributed by atoms with Crippen LogP contribution >= 0.6 is 11.6 Å². The monoisotopic (exact) mass is 267 g/mol. The van der Waals surface area contributed by atoms with Crippen molar-refractivity contribution in [3.63, 3.8) is 0 Å². The van der Waals surface area contributed by atoms with Gasteiger partial charge in [0.1, 0.15) is 5.82 Å². The molecule has 3 nitrogen and oxygen atoms in total. The van der Waals surface area contributed by atoms with Crippen LogP contribution in [0, 0.1) is 5.92 Å². The Kier molecular flexibility index (Phi) is 4.84. The Morgan fingerprint density at radius 2 is 2.28 bits per heavy atom. The number of pyridine rings is 1. The van der Waals surface area contributed by atoms with Crippen molar-refractivity contribution in [1.82, 2.24) is 4.98 Å². The van der Waals surface area contributed by atoms with Crippen LogP contribution in [0.1, 0.15) is 38.2 Å². The minimum Gasteiger partial charge on any atom is -0.357 e. The molecule has 0 aromatic carbocycles. The zero-order valence-corrected chi connectivity index (χ0v) is 11.8. The highest BCUT2D eigenvalue weighted by molar-refractivity contribution is 6.31. The van der Waals surface area contributed by atoms with Gasteiger partial charge in [0.2, 0.25) is 0 Å². The van der Waals surface area contributed by atoms with E-state index in [1.54, 1.807) is 6.20 Å². The fourth-order valence-corrected chi connectivity index (χ4v) is 2.78. The quantitative estimate of drug-likeness (QED) is 0.914. The van der Waals surface area contributed by atoms with Gasteiger partial charge >= 0.3 is 0 Å². The molecule has 1 aromatic rings. The molecule has 1 aliphatic heterocycles. The van der Waals surface area contributed by atoms with Crippen molar-refractivity contribution >= 4 is 17.4 Å². The van der Waals surface area contributed by atoms with Crippen LogP contribution < -0.4 is 10.6 Å². The van der Waals surface area contributed by atoms with Gasteiger partial charge in [0.25, 0.3) is 0 Å². The lowest BCUT2D eigenvalue weighted by atomic mass is 9.98. The van der Waals surface area contributed by atoms with E-state index in [0.29, 0.717) is 11.6 Å². The van der Waals surface area contributed by atoms with Crippen molar-refractivity contribution in [2.75, 3.05) is 18.0 Å². The second-order valence-corrected chi connectivity index (χ2v) is 5.44. The van der Waals surface area contributed by atoms with Gasteiger partial charge in [-0.05, 0) is 36.8 Å². The molecule has 2 N–H and O–H groups in total. The van der Waals surface area contributed by atoms with E-state index in [1.807, 2.05) is 6.07 Å². The van der Waals surface area contributed by atoms with Gasteiger partial charge in [-0.3, -0.25) is 0 Å². The number of nitrogens with zero attached hydrogens (tertiary/aromatic N) is 2. The number of rotatable bonds is 3. The van der Waals surface area contributed by atoms with E-state index >= 15 is 0 Å². The van der Waals surface area contributed by atoms with Crippen molar-refractivity contribution < 1.29 is 0 Å². The summed E-state index contributed by atoms with van der Waals surface area (Å²) in [6, 6.07) is 2.04. The van der Waals surface area contributed by atoms with Crippen LogP contribution in [-0.2, 0) is 6.54 Å². The van der Waals surface area contributed by atoms with Crippen LogP contribution in [-0.4, -0.2) is 18.1 Å². The van der Waals surface area contributed by atoms with Gasteiger partial charge in [-0.25, -0.2) is 4.98 Å². The summed E-state index contributed by atoms with van der Waals surface area (Å²) in [6.07, 6.45) is 6.86. The Morgan fingerprint density at radius 1 is 1.44 bits per heavy atom. The van der Waals surface area contributed by atoms with E-state index in [-0.39, 0.29) is 0 Å². The fraction of sp³-hybridized carbons (Fsp3) is 0.643. The molecular weight excluding hydrogens is 246 g/mol. The third-order valence-electron chi connectivity index (χ3n) is 3.89. The standard InChI is InChI=1S/C14H22ClN3/c1-2-11-4-3-6-18(7-5-11)14-8-12(9-16)13(15)10-17-14/h8,10-11H,2-7,9,16H2,1H3. The normalized spacial score (nSPS) is 20.8. The molecule has 1 aromatic heterocycles. The number of halogens is 1. The fourth-order valence-electron chi connectivity index (χ4n) is 2.60. The minimum atomic E-state index is 0.472. The van der Waals surface area contributed by atoms with Gasteiger partial charge in [-0.2, -0.15) is 0 Å².